The SMILES string of the molecule is C=CC(=O)OC1CCC(CC)CC1OC(=O)C=C. The van der Waals surface area contributed by atoms with Crippen LogP contribution in [0.25, 0.3) is 0 Å². The molecule has 1 aliphatic rings. The highest BCUT2D eigenvalue weighted by molar-refractivity contribution is 5.82. The smallest absolute Gasteiger partial charge is 0.330 e. The average Bonchev–Trinajstić information content (AvgIpc) is 2.40. The Morgan fingerprint density at radius 2 is 1.67 bits per heavy atom. The Kier molecular flexibility index (Phi) is 5.62. The molecule has 0 aliphatic heterocycles. The molecule has 0 bridgehead atoms. The molecule has 4 nitrogen and oxygen atoms in total. The summed E-state index contributed by atoms with van der Waals surface area (Å²) in [6, 6.07) is 0. The van der Waals surface area contributed by atoms with Gasteiger partial charge in [0.1, 0.15) is 12.2 Å². The molecule has 0 aromatic heterocycles. The second kappa shape index (κ2) is 6.99. The van der Waals surface area contributed by atoms with Gasteiger partial charge in [-0.15, -0.1) is 0 Å². The van der Waals surface area contributed by atoms with Gasteiger partial charge in [-0.25, -0.2) is 9.59 Å². The van der Waals surface area contributed by atoms with E-state index >= 15 is 0 Å². The Morgan fingerprint density at radius 3 is 2.17 bits per heavy atom. The Morgan fingerprint density at radius 1 is 1.11 bits per heavy atom. The van der Waals surface area contributed by atoms with Crippen LogP contribution in [0, 0.1) is 5.92 Å². The van der Waals surface area contributed by atoms with Crippen molar-refractivity contribution in [2.75, 3.05) is 0 Å². The van der Waals surface area contributed by atoms with Gasteiger partial charge in [-0.1, -0.05) is 26.5 Å². The largest absolute Gasteiger partial charge is 0.455 e. The van der Waals surface area contributed by atoms with Crippen molar-refractivity contribution in [3.63, 3.8) is 0 Å². The van der Waals surface area contributed by atoms with Crippen LogP contribution < -0.4 is 0 Å². The first-order chi connectivity index (χ1) is 8.60. The molecule has 1 saturated carbocycles. The fraction of sp³-hybridized carbons (Fsp3) is 0.571. The van der Waals surface area contributed by atoms with Gasteiger partial charge in [-0.05, 0) is 25.2 Å². The normalized spacial score (nSPS) is 27.1. The van der Waals surface area contributed by atoms with Gasteiger partial charge >= 0.3 is 11.9 Å². The minimum atomic E-state index is -0.477. The summed E-state index contributed by atoms with van der Waals surface area (Å²) in [4.78, 5) is 22.5. The van der Waals surface area contributed by atoms with Crippen molar-refractivity contribution in [3.8, 4) is 0 Å². The van der Waals surface area contributed by atoms with E-state index in [1.54, 1.807) is 0 Å². The molecule has 0 heterocycles. The zero-order valence-corrected chi connectivity index (χ0v) is 10.8. The molecule has 0 aromatic carbocycles. The van der Waals surface area contributed by atoms with Crippen LogP contribution in [0.3, 0.4) is 0 Å². The van der Waals surface area contributed by atoms with Crippen LogP contribution in [0.1, 0.15) is 32.6 Å². The molecule has 1 aliphatic carbocycles. The van der Waals surface area contributed by atoms with Crippen LogP contribution in [0.5, 0.6) is 0 Å². The molecule has 100 valence electrons. The van der Waals surface area contributed by atoms with Crippen molar-refractivity contribution in [2.24, 2.45) is 5.92 Å². The summed E-state index contributed by atoms with van der Waals surface area (Å²) in [5.41, 5.74) is 0. The number of carbonyl (C=O) groups excluding carboxylic acids is 2. The molecule has 0 radical (unpaired) electrons. The summed E-state index contributed by atoms with van der Waals surface area (Å²) >= 11 is 0. The van der Waals surface area contributed by atoms with Crippen molar-refractivity contribution in [1.29, 1.82) is 0 Å². The zero-order chi connectivity index (χ0) is 13.5. The van der Waals surface area contributed by atoms with Gasteiger partial charge in [0.2, 0.25) is 0 Å². The Hall–Kier alpha value is -1.58. The summed E-state index contributed by atoms with van der Waals surface area (Å²) in [6.07, 6.45) is 4.96. The van der Waals surface area contributed by atoms with Gasteiger partial charge in [0.05, 0.1) is 0 Å². The summed E-state index contributed by atoms with van der Waals surface area (Å²) in [6.45, 7) is 8.83. The predicted octanol–water partition coefficient (Wildman–Crippen LogP) is 2.39. The van der Waals surface area contributed by atoms with E-state index < -0.39 is 11.9 Å². The van der Waals surface area contributed by atoms with Gasteiger partial charge < -0.3 is 9.47 Å². The zero-order valence-electron chi connectivity index (χ0n) is 10.8. The highest BCUT2D eigenvalue weighted by atomic mass is 16.6. The third-order valence-electron chi connectivity index (χ3n) is 3.29. The summed E-state index contributed by atoms with van der Waals surface area (Å²) in [5.74, 6) is -0.447. The van der Waals surface area contributed by atoms with E-state index in [9.17, 15) is 9.59 Å². The van der Waals surface area contributed by atoms with Crippen LogP contribution in [0.15, 0.2) is 25.3 Å². The van der Waals surface area contributed by atoms with E-state index in [0.29, 0.717) is 12.3 Å². The second-order valence-electron chi connectivity index (χ2n) is 4.45. The molecular formula is C14H20O4. The quantitative estimate of drug-likeness (QED) is 0.557. The second-order valence-corrected chi connectivity index (χ2v) is 4.45. The molecule has 0 spiro atoms. The molecule has 0 N–H and O–H groups in total. The Balaban J connectivity index is 2.66. The van der Waals surface area contributed by atoms with Crippen LogP contribution >= 0.6 is 0 Å². The number of hydrogen-bond acceptors (Lipinski definition) is 4. The number of hydrogen-bond donors (Lipinski definition) is 0. The van der Waals surface area contributed by atoms with Crippen molar-refractivity contribution in [1.82, 2.24) is 0 Å². The third kappa shape index (κ3) is 4.02. The van der Waals surface area contributed by atoms with Crippen molar-refractivity contribution in [3.05, 3.63) is 25.3 Å². The van der Waals surface area contributed by atoms with E-state index in [-0.39, 0.29) is 12.2 Å². The van der Waals surface area contributed by atoms with Gasteiger partial charge in [0.15, 0.2) is 0 Å². The molecule has 1 fully saturated rings. The molecule has 0 saturated heterocycles. The monoisotopic (exact) mass is 252 g/mol. The lowest BCUT2D eigenvalue weighted by Crippen LogP contribution is -2.40. The maximum Gasteiger partial charge on any atom is 0.330 e. The molecule has 0 aromatic rings. The predicted molar refractivity (Wildman–Crippen MR) is 67.8 cm³/mol. The minimum Gasteiger partial charge on any atom is -0.455 e. The van der Waals surface area contributed by atoms with Crippen molar-refractivity contribution >= 4 is 11.9 Å². The van der Waals surface area contributed by atoms with Crippen LogP contribution in [0.2, 0.25) is 0 Å². The first-order valence-electron chi connectivity index (χ1n) is 6.26. The third-order valence-corrected chi connectivity index (χ3v) is 3.29. The molecule has 4 heteroatoms. The first kappa shape index (κ1) is 14.5. The fourth-order valence-electron chi connectivity index (χ4n) is 2.21. The summed E-state index contributed by atoms with van der Waals surface area (Å²) < 4.78 is 10.5. The standard InChI is InChI=1S/C14H20O4/c1-4-10-7-8-11(17-13(15)5-2)12(9-10)18-14(16)6-3/h5-6,10-12H,2-4,7-9H2,1H3. The van der Waals surface area contributed by atoms with Crippen molar-refractivity contribution < 1.29 is 19.1 Å². The highest BCUT2D eigenvalue weighted by Crippen LogP contribution is 2.30. The Labute approximate surface area is 108 Å². The number of carbonyl (C=O) groups is 2. The lowest BCUT2D eigenvalue weighted by molar-refractivity contribution is -0.167. The summed E-state index contributed by atoms with van der Waals surface area (Å²) in [5, 5.41) is 0. The van der Waals surface area contributed by atoms with E-state index in [0.717, 1.165) is 31.4 Å². The van der Waals surface area contributed by atoms with Crippen LogP contribution in [-0.2, 0) is 19.1 Å². The van der Waals surface area contributed by atoms with Gasteiger partial charge in [-0.2, -0.15) is 0 Å². The van der Waals surface area contributed by atoms with Crippen LogP contribution in [-0.4, -0.2) is 24.1 Å². The first-order valence-corrected chi connectivity index (χ1v) is 6.26. The van der Waals surface area contributed by atoms with Gasteiger partial charge in [0, 0.05) is 12.2 Å². The molecule has 18 heavy (non-hydrogen) atoms. The number of esters is 2. The summed E-state index contributed by atoms with van der Waals surface area (Å²) in [7, 11) is 0. The minimum absolute atomic E-state index is 0.373. The van der Waals surface area contributed by atoms with E-state index in [2.05, 4.69) is 20.1 Å². The average molecular weight is 252 g/mol. The van der Waals surface area contributed by atoms with E-state index in [1.807, 2.05) is 0 Å². The topological polar surface area (TPSA) is 52.6 Å². The van der Waals surface area contributed by atoms with Gasteiger partial charge in [-0.3, -0.25) is 0 Å². The van der Waals surface area contributed by atoms with E-state index in [1.165, 1.54) is 0 Å². The Bertz CT molecular complexity index is 335. The van der Waals surface area contributed by atoms with Crippen molar-refractivity contribution in [2.45, 2.75) is 44.8 Å². The molecule has 3 unspecified atom stereocenters. The molecular weight excluding hydrogens is 232 g/mol. The van der Waals surface area contributed by atoms with Crippen LogP contribution in [0.4, 0.5) is 0 Å². The maximum absolute atomic E-state index is 11.3. The van der Waals surface area contributed by atoms with E-state index in [4.69, 9.17) is 9.47 Å². The lowest BCUT2D eigenvalue weighted by atomic mass is 9.83. The highest BCUT2D eigenvalue weighted by Gasteiger charge is 2.34. The lowest BCUT2D eigenvalue weighted by Gasteiger charge is -2.34. The fourth-order valence-corrected chi connectivity index (χ4v) is 2.21. The maximum atomic E-state index is 11.3. The van der Waals surface area contributed by atoms with Gasteiger partial charge in [0.25, 0.3) is 0 Å². The molecule has 0 amide bonds. The number of rotatable bonds is 5. The molecule has 1 rings (SSSR count). The number of ether oxygens (including phenoxy) is 2. The molecule has 3 atom stereocenters.